The van der Waals surface area contributed by atoms with Gasteiger partial charge in [-0.2, -0.15) is 0 Å². The summed E-state index contributed by atoms with van der Waals surface area (Å²) in [5, 5.41) is 1.59. The zero-order valence-electron chi connectivity index (χ0n) is 15.6. The molecule has 3 rings (SSSR count). The van der Waals surface area contributed by atoms with Crippen molar-refractivity contribution in [1.29, 1.82) is 0 Å². The topological polar surface area (TPSA) is 43.8 Å². The third kappa shape index (κ3) is 6.39. The SMILES string of the molecule is COc1ccc(CON(Cc2ccc(OC(F)(F)F)cc2)c2ccccn2)cc1. The Morgan fingerprint density at radius 3 is 2.10 bits per heavy atom. The first kappa shape index (κ1) is 20.5. The zero-order valence-corrected chi connectivity index (χ0v) is 15.6. The number of pyridine rings is 1. The number of alkyl halides is 3. The van der Waals surface area contributed by atoms with Crippen LogP contribution >= 0.6 is 0 Å². The van der Waals surface area contributed by atoms with Gasteiger partial charge < -0.3 is 9.47 Å². The lowest BCUT2D eigenvalue weighted by atomic mass is 10.2. The molecule has 0 spiro atoms. The summed E-state index contributed by atoms with van der Waals surface area (Å²) in [4.78, 5) is 10.2. The summed E-state index contributed by atoms with van der Waals surface area (Å²) in [5.41, 5.74) is 1.67. The Kier molecular flexibility index (Phi) is 6.56. The second-order valence-electron chi connectivity index (χ2n) is 6.04. The zero-order chi connectivity index (χ0) is 20.7. The fourth-order valence-corrected chi connectivity index (χ4v) is 2.53. The third-order valence-electron chi connectivity index (χ3n) is 3.93. The molecule has 2 aromatic carbocycles. The molecule has 0 unspecified atom stereocenters. The van der Waals surface area contributed by atoms with Crippen molar-refractivity contribution in [3.05, 3.63) is 84.1 Å². The maximum atomic E-state index is 12.3. The number of hydroxylamine groups is 1. The lowest BCUT2D eigenvalue weighted by Crippen LogP contribution is -2.24. The van der Waals surface area contributed by atoms with Gasteiger partial charge in [0.25, 0.3) is 0 Å². The van der Waals surface area contributed by atoms with E-state index in [-0.39, 0.29) is 12.4 Å². The first-order valence-corrected chi connectivity index (χ1v) is 8.72. The summed E-state index contributed by atoms with van der Waals surface area (Å²) < 4.78 is 46.0. The van der Waals surface area contributed by atoms with Crippen LogP contribution in [0.2, 0.25) is 0 Å². The Morgan fingerprint density at radius 2 is 1.52 bits per heavy atom. The highest BCUT2D eigenvalue weighted by molar-refractivity contribution is 5.37. The Morgan fingerprint density at radius 1 is 0.862 bits per heavy atom. The number of nitrogens with zero attached hydrogens (tertiary/aromatic N) is 2. The highest BCUT2D eigenvalue weighted by Crippen LogP contribution is 2.24. The lowest BCUT2D eigenvalue weighted by molar-refractivity contribution is -0.274. The van der Waals surface area contributed by atoms with Crippen LogP contribution in [0, 0.1) is 0 Å². The molecule has 1 heterocycles. The van der Waals surface area contributed by atoms with Crippen molar-refractivity contribution in [3.8, 4) is 11.5 Å². The average Bonchev–Trinajstić information content (AvgIpc) is 2.72. The van der Waals surface area contributed by atoms with Crippen LogP contribution in [0.5, 0.6) is 11.5 Å². The number of ether oxygens (including phenoxy) is 2. The van der Waals surface area contributed by atoms with Gasteiger partial charge in [-0.15, -0.1) is 13.2 Å². The summed E-state index contributed by atoms with van der Waals surface area (Å²) >= 11 is 0. The van der Waals surface area contributed by atoms with Gasteiger partial charge in [0.15, 0.2) is 5.82 Å². The minimum atomic E-state index is -4.72. The molecule has 152 valence electrons. The molecule has 29 heavy (non-hydrogen) atoms. The van der Waals surface area contributed by atoms with Crippen molar-refractivity contribution in [2.45, 2.75) is 19.5 Å². The third-order valence-corrected chi connectivity index (χ3v) is 3.93. The fourth-order valence-electron chi connectivity index (χ4n) is 2.53. The predicted molar refractivity (Wildman–Crippen MR) is 101 cm³/mol. The Balaban J connectivity index is 1.70. The molecule has 5 nitrogen and oxygen atoms in total. The molecule has 8 heteroatoms. The standard InChI is InChI=1S/C21H19F3N2O3/c1-27-18-9-7-17(8-10-18)15-28-26(20-4-2-3-13-25-20)14-16-5-11-19(12-6-16)29-21(22,23)24/h2-13H,14-15H2,1H3. The number of halogens is 3. The van der Waals surface area contributed by atoms with Crippen molar-refractivity contribution in [3.63, 3.8) is 0 Å². The number of rotatable bonds is 8. The fraction of sp³-hybridized carbons (Fsp3) is 0.190. The molecular weight excluding hydrogens is 385 g/mol. The highest BCUT2D eigenvalue weighted by Gasteiger charge is 2.31. The normalized spacial score (nSPS) is 11.2. The monoisotopic (exact) mass is 404 g/mol. The van der Waals surface area contributed by atoms with Crippen molar-refractivity contribution in [1.82, 2.24) is 4.98 Å². The Hall–Kier alpha value is -3.26. The van der Waals surface area contributed by atoms with Gasteiger partial charge in [0.05, 0.1) is 20.3 Å². The van der Waals surface area contributed by atoms with E-state index in [9.17, 15) is 13.2 Å². The summed E-state index contributed by atoms with van der Waals surface area (Å²) in [6.07, 6.45) is -3.08. The Bertz CT molecular complexity index is 886. The molecule has 0 aliphatic heterocycles. The van der Waals surface area contributed by atoms with Gasteiger partial charge in [0, 0.05) is 6.20 Å². The van der Waals surface area contributed by atoms with Crippen molar-refractivity contribution in [2.75, 3.05) is 12.2 Å². The number of anilines is 1. The van der Waals surface area contributed by atoms with Gasteiger partial charge in [0.1, 0.15) is 11.5 Å². The van der Waals surface area contributed by atoms with E-state index in [1.807, 2.05) is 30.3 Å². The van der Waals surface area contributed by atoms with Crippen molar-refractivity contribution < 1.29 is 27.5 Å². The van der Waals surface area contributed by atoms with E-state index in [0.717, 1.165) is 16.9 Å². The van der Waals surface area contributed by atoms with E-state index < -0.39 is 6.36 Å². The first-order valence-electron chi connectivity index (χ1n) is 8.72. The molecule has 3 aromatic rings. The largest absolute Gasteiger partial charge is 0.573 e. The quantitative estimate of drug-likeness (QED) is 0.487. The molecule has 0 aliphatic carbocycles. The predicted octanol–water partition coefficient (Wildman–Crippen LogP) is 5.13. The number of hydrogen-bond acceptors (Lipinski definition) is 5. The summed E-state index contributed by atoms with van der Waals surface area (Å²) in [6, 6.07) is 18.5. The molecule has 0 saturated carbocycles. The first-order chi connectivity index (χ1) is 13.9. The van der Waals surface area contributed by atoms with E-state index in [0.29, 0.717) is 12.4 Å². The van der Waals surface area contributed by atoms with Gasteiger partial charge in [-0.25, -0.2) is 10.0 Å². The van der Waals surface area contributed by atoms with E-state index in [2.05, 4.69) is 9.72 Å². The van der Waals surface area contributed by atoms with E-state index in [4.69, 9.17) is 9.57 Å². The molecule has 0 N–H and O–H groups in total. The smallest absolute Gasteiger partial charge is 0.497 e. The lowest BCUT2D eigenvalue weighted by Gasteiger charge is -2.23. The summed E-state index contributed by atoms with van der Waals surface area (Å²) in [5.74, 6) is 1.05. The maximum absolute atomic E-state index is 12.3. The number of methoxy groups -OCH3 is 1. The number of hydrogen-bond donors (Lipinski definition) is 0. The van der Waals surface area contributed by atoms with Gasteiger partial charge >= 0.3 is 6.36 Å². The van der Waals surface area contributed by atoms with Gasteiger partial charge in [-0.05, 0) is 47.5 Å². The minimum absolute atomic E-state index is 0.273. The van der Waals surface area contributed by atoms with Crippen molar-refractivity contribution in [2.24, 2.45) is 0 Å². The Labute approximate surface area is 166 Å². The van der Waals surface area contributed by atoms with Crippen LogP contribution in [0.3, 0.4) is 0 Å². The van der Waals surface area contributed by atoms with Crippen LogP contribution in [-0.2, 0) is 18.0 Å². The van der Waals surface area contributed by atoms with Crippen LogP contribution in [-0.4, -0.2) is 18.5 Å². The molecule has 0 bridgehead atoms. The second-order valence-corrected chi connectivity index (χ2v) is 6.04. The maximum Gasteiger partial charge on any atom is 0.573 e. The van der Waals surface area contributed by atoms with Crippen molar-refractivity contribution >= 4 is 5.82 Å². The second kappa shape index (κ2) is 9.29. The number of benzene rings is 2. The molecular formula is C21H19F3N2O3. The number of aromatic nitrogens is 1. The summed E-state index contributed by atoms with van der Waals surface area (Å²) in [6.45, 7) is 0.579. The van der Waals surface area contributed by atoms with Crippen LogP contribution in [0.4, 0.5) is 19.0 Å². The van der Waals surface area contributed by atoms with Crippen LogP contribution in [0.15, 0.2) is 72.9 Å². The van der Waals surface area contributed by atoms with Crippen LogP contribution < -0.4 is 14.5 Å². The van der Waals surface area contributed by atoms with Gasteiger partial charge in [-0.1, -0.05) is 30.3 Å². The molecule has 0 aliphatic rings. The van der Waals surface area contributed by atoms with E-state index >= 15 is 0 Å². The van der Waals surface area contributed by atoms with E-state index in [1.54, 1.807) is 42.6 Å². The van der Waals surface area contributed by atoms with E-state index in [1.165, 1.54) is 12.1 Å². The molecule has 0 radical (unpaired) electrons. The highest BCUT2D eigenvalue weighted by atomic mass is 19.4. The van der Waals surface area contributed by atoms with Gasteiger partial charge in [0.2, 0.25) is 0 Å². The minimum Gasteiger partial charge on any atom is -0.497 e. The molecule has 0 atom stereocenters. The van der Waals surface area contributed by atoms with Crippen LogP contribution in [0.1, 0.15) is 11.1 Å². The van der Waals surface area contributed by atoms with Gasteiger partial charge in [-0.3, -0.25) is 4.84 Å². The molecule has 0 fully saturated rings. The summed E-state index contributed by atoms with van der Waals surface area (Å²) in [7, 11) is 1.60. The molecule has 1 aromatic heterocycles. The molecule has 0 amide bonds. The van der Waals surface area contributed by atoms with Crippen LogP contribution in [0.25, 0.3) is 0 Å². The molecule has 0 saturated heterocycles. The average molecular weight is 404 g/mol.